The lowest BCUT2D eigenvalue weighted by molar-refractivity contribution is -0.137. The Bertz CT molecular complexity index is 1190. The molecular weight excluding hydrogens is 448 g/mol. The molecule has 2 atom stereocenters. The molecule has 0 aliphatic carbocycles. The fourth-order valence-electron chi connectivity index (χ4n) is 5.85. The zero-order chi connectivity index (χ0) is 25.0. The number of piperazine rings is 1. The van der Waals surface area contributed by atoms with Crippen molar-refractivity contribution in [3.05, 3.63) is 102 Å². The van der Waals surface area contributed by atoms with Gasteiger partial charge in [-0.3, -0.25) is 14.1 Å². The maximum Gasteiger partial charge on any atom is 0.279 e. The van der Waals surface area contributed by atoms with Crippen molar-refractivity contribution in [1.29, 1.82) is 0 Å². The number of rotatable bonds is 7. The second-order valence-corrected chi connectivity index (χ2v) is 10.0. The first-order valence-electron chi connectivity index (χ1n) is 12.9. The summed E-state index contributed by atoms with van der Waals surface area (Å²) in [5.41, 5.74) is 4.60. The zero-order valence-corrected chi connectivity index (χ0v) is 20.9. The molecule has 2 aliphatic rings. The summed E-state index contributed by atoms with van der Waals surface area (Å²) in [5, 5.41) is 6.66. The highest BCUT2D eigenvalue weighted by Crippen LogP contribution is 2.39. The van der Waals surface area contributed by atoms with Crippen LogP contribution in [0.25, 0.3) is 0 Å². The summed E-state index contributed by atoms with van der Waals surface area (Å²) in [6.07, 6.45) is 1.17. The Balaban J connectivity index is 1.39. The minimum absolute atomic E-state index is 0.0320. The maximum absolute atomic E-state index is 14.0. The second kappa shape index (κ2) is 10.6. The first-order chi connectivity index (χ1) is 17.6. The smallest absolute Gasteiger partial charge is 0.279 e. The summed E-state index contributed by atoms with van der Waals surface area (Å²) < 4.78 is 0.668. The number of nitrogens with zero attached hydrogens (tertiary/aromatic N) is 2. The number of carbonyl (C=O) groups excluding carboxylic acids is 2. The van der Waals surface area contributed by atoms with Crippen molar-refractivity contribution in [3.63, 3.8) is 0 Å². The van der Waals surface area contributed by atoms with Crippen LogP contribution in [0.2, 0.25) is 0 Å². The fourth-order valence-corrected chi connectivity index (χ4v) is 5.85. The van der Waals surface area contributed by atoms with E-state index < -0.39 is 6.04 Å². The van der Waals surface area contributed by atoms with Crippen LogP contribution >= 0.6 is 0 Å². The van der Waals surface area contributed by atoms with Crippen LogP contribution in [-0.2, 0) is 29.0 Å². The Hall–Kier alpha value is -3.48. The minimum Gasteiger partial charge on any atom is -0.340 e. The molecule has 1 spiro atoms. The molecule has 5 rings (SSSR count). The quantitative estimate of drug-likeness (QED) is 0.508. The average molecular weight is 484 g/mol. The number of hydrogen-bond donors (Lipinski definition) is 2. The normalized spacial score (nSPS) is 18.9. The van der Waals surface area contributed by atoms with E-state index in [1.54, 1.807) is 4.90 Å². The van der Waals surface area contributed by atoms with Gasteiger partial charge >= 0.3 is 0 Å². The van der Waals surface area contributed by atoms with Crippen molar-refractivity contribution in [2.24, 2.45) is 0 Å². The van der Waals surface area contributed by atoms with Crippen molar-refractivity contribution in [3.8, 4) is 0 Å². The second-order valence-electron chi connectivity index (χ2n) is 10.0. The Kier molecular flexibility index (Phi) is 7.16. The molecule has 1 fully saturated rings. The number of nitrogens with one attached hydrogen (secondary N) is 2. The molecule has 0 saturated carbocycles. The van der Waals surface area contributed by atoms with Gasteiger partial charge in [0, 0.05) is 45.1 Å². The van der Waals surface area contributed by atoms with Crippen LogP contribution in [0.4, 0.5) is 5.69 Å². The summed E-state index contributed by atoms with van der Waals surface area (Å²) in [6.45, 7) is 4.01. The number of amides is 2. The van der Waals surface area contributed by atoms with E-state index >= 15 is 0 Å². The van der Waals surface area contributed by atoms with Crippen molar-refractivity contribution in [2.45, 2.75) is 31.5 Å². The van der Waals surface area contributed by atoms with Gasteiger partial charge in [-0.15, -0.1) is 0 Å². The van der Waals surface area contributed by atoms with Gasteiger partial charge in [-0.1, -0.05) is 78.9 Å². The lowest BCUT2D eigenvalue weighted by Gasteiger charge is -2.42. The van der Waals surface area contributed by atoms with Crippen LogP contribution < -0.4 is 15.1 Å². The lowest BCUT2D eigenvalue weighted by Crippen LogP contribution is -2.68. The molecule has 2 N–H and O–H groups in total. The monoisotopic (exact) mass is 483 g/mol. The molecule has 3 aromatic carbocycles. The number of quaternary nitrogens is 1. The number of fused-ring (bicyclic) bond motifs is 2. The first kappa shape index (κ1) is 24.2. The third kappa shape index (κ3) is 4.92. The highest BCUT2D eigenvalue weighted by atomic mass is 16.2. The Labute approximate surface area is 213 Å². The molecule has 6 nitrogen and oxygen atoms in total. The number of carbonyl (C=O) groups is 2. The Morgan fingerprint density at radius 3 is 2.22 bits per heavy atom. The molecule has 6 heteroatoms. The summed E-state index contributed by atoms with van der Waals surface area (Å²) in [7, 11) is 1.81. The summed E-state index contributed by atoms with van der Waals surface area (Å²) in [4.78, 5) is 29.4. The van der Waals surface area contributed by atoms with E-state index in [1.165, 1.54) is 11.3 Å². The summed E-state index contributed by atoms with van der Waals surface area (Å²) in [5.74, 6) is -0.103. The van der Waals surface area contributed by atoms with Gasteiger partial charge in [0.2, 0.25) is 5.91 Å². The van der Waals surface area contributed by atoms with Gasteiger partial charge in [-0.05, 0) is 17.2 Å². The van der Waals surface area contributed by atoms with Crippen molar-refractivity contribution >= 4 is 17.5 Å². The van der Waals surface area contributed by atoms with Gasteiger partial charge in [0.25, 0.3) is 5.91 Å². The zero-order valence-electron chi connectivity index (χ0n) is 20.9. The molecule has 0 bridgehead atoms. The largest absolute Gasteiger partial charge is 0.340 e. The molecule has 2 aliphatic heterocycles. The van der Waals surface area contributed by atoms with Crippen molar-refractivity contribution in [1.82, 2.24) is 20.0 Å². The number of hydrogen-bond acceptors (Lipinski definition) is 3. The van der Waals surface area contributed by atoms with Crippen molar-refractivity contribution < 1.29 is 9.59 Å². The average Bonchev–Trinajstić information content (AvgIpc) is 3.23. The molecule has 3 aromatic rings. The van der Waals surface area contributed by atoms with Crippen LogP contribution in [0.5, 0.6) is 0 Å². The van der Waals surface area contributed by atoms with E-state index in [0.717, 1.165) is 37.3 Å². The number of para-hydroxylation sites is 1. The predicted octanol–water partition coefficient (Wildman–Crippen LogP) is 2.91. The summed E-state index contributed by atoms with van der Waals surface area (Å²) >= 11 is 0. The van der Waals surface area contributed by atoms with E-state index in [1.807, 2.05) is 67.7 Å². The third-order valence-electron chi connectivity index (χ3n) is 7.70. The van der Waals surface area contributed by atoms with E-state index in [9.17, 15) is 9.59 Å². The van der Waals surface area contributed by atoms with Crippen LogP contribution in [0.3, 0.4) is 0 Å². The van der Waals surface area contributed by atoms with Crippen LogP contribution in [0, 0.1) is 0 Å². The predicted molar refractivity (Wildman–Crippen MR) is 143 cm³/mol. The molecule has 1 unspecified atom stereocenters. The minimum atomic E-state index is -0.625. The van der Waals surface area contributed by atoms with Crippen LogP contribution in [0.15, 0.2) is 84.9 Å². The lowest BCUT2D eigenvalue weighted by atomic mass is 10.0. The molecule has 0 aromatic heterocycles. The van der Waals surface area contributed by atoms with Crippen LogP contribution in [-0.4, -0.2) is 62.0 Å². The van der Waals surface area contributed by atoms with Crippen molar-refractivity contribution in [2.75, 3.05) is 33.2 Å². The van der Waals surface area contributed by atoms with Gasteiger partial charge in [0.1, 0.15) is 11.7 Å². The fraction of sp³-hybridized carbons (Fsp3) is 0.333. The van der Waals surface area contributed by atoms with Crippen LogP contribution in [0.1, 0.15) is 16.7 Å². The Morgan fingerprint density at radius 1 is 0.917 bits per heavy atom. The molecule has 2 heterocycles. The van der Waals surface area contributed by atoms with Gasteiger partial charge in [-0.2, -0.15) is 0 Å². The Morgan fingerprint density at radius 2 is 1.53 bits per heavy atom. The molecule has 36 heavy (non-hydrogen) atoms. The summed E-state index contributed by atoms with van der Waals surface area (Å²) in [6, 6.07) is 27.5. The molecule has 186 valence electrons. The molecular formula is C30H35N4O2+. The van der Waals surface area contributed by atoms with Gasteiger partial charge < -0.3 is 15.5 Å². The third-order valence-corrected chi connectivity index (χ3v) is 7.70. The first-order valence-corrected chi connectivity index (χ1v) is 12.9. The molecule has 2 amide bonds. The highest BCUT2D eigenvalue weighted by molar-refractivity contribution is 5.92. The van der Waals surface area contributed by atoms with E-state index in [2.05, 4.69) is 34.9 Å². The van der Waals surface area contributed by atoms with Gasteiger partial charge in [0.15, 0.2) is 6.04 Å². The number of likely N-dealkylation sites (N-methyl/N-ethyl adjacent to an activating group) is 1. The standard InChI is InChI=1S/C30H34N4O2/c1-33(22-24-12-6-3-7-13-24)30(36)26(20-23-10-4-2-5-11-23)32-29(35)28-21-25-14-8-9-15-27(25)34(28)18-16-31-17-19-34/h2-15,26,28,31H,16-22H2,1H3/p+1/t26-,28?/m0/s1. The molecule has 1 saturated heterocycles. The SMILES string of the molecule is CN(Cc1ccccc1)C(=O)[C@H](Cc1ccccc1)NC(=O)C1Cc2ccccc2[N+]12CCNCC2. The molecule has 0 radical (unpaired) electrons. The van der Waals surface area contributed by atoms with E-state index in [4.69, 9.17) is 0 Å². The van der Waals surface area contributed by atoms with Gasteiger partial charge in [-0.25, -0.2) is 0 Å². The maximum atomic E-state index is 14.0. The van der Waals surface area contributed by atoms with E-state index in [-0.39, 0.29) is 17.9 Å². The highest BCUT2D eigenvalue weighted by Gasteiger charge is 2.51. The number of benzene rings is 3. The van der Waals surface area contributed by atoms with E-state index in [0.29, 0.717) is 23.9 Å². The van der Waals surface area contributed by atoms with Gasteiger partial charge in [0.05, 0.1) is 13.1 Å². The topological polar surface area (TPSA) is 61.4 Å².